The van der Waals surface area contributed by atoms with Crippen LogP contribution < -0.4 is 21.3 Å². The maximum absolute atomic E-state index is 12.6. The fraction of sp³-hybridized carbons (Fsp3) is 0.350. The Bertz CT molecular complexity index is 837. The molecule has 1 fully saturated rings. The predicted octanol–water partition coefficient (Wildman–Crippen LogP) is 3.73. The molecule has 0 aromatic heterocycles. The van der Waals surface area contributed by atoms with Gasteiger partial charge in [0.25, 0.3) is 0 Å². The number of fused-ring (bicyclic) bond motifs is 1. The molecule has 0 bridgehead atoms. The molecule has 0 radical (unpaired) electrons. The first-order valence-electron chi connectivity index (χ1n) is 9.40. The van der Waals surface area contributed by atoms with Crippen molar-refractivity contribution in [1.29, 1.82) is 0 Å². The number of nitrogens with two attached hydrogens (primary N) is 1. The number of nitrogens with one attached hydrogen (secondary N) is 2. The Morgan fingerprint density at radius 2 is 1.93 bits per heavy atom. The molecule has 2 aliphatic heterocycles. The number of urea groups is 1. The number of carbonyl (C=O) groups is 1. The zero-order chi connectivity index (χ0) is 19.5. The number of halogens is 1. The van der Waals surface area contributed by atoms with Crippen molar-refractivity contribution in [1.82, 2.24) is 4.90 Å². The standard InChI is InChI=1S/C20H24IN5O2/c21-14-4-6-15(7-5-14)24-20(27)25-10-8-16(9-11-25)26-13-28-12-23-19-17(22)2-1-3-18(19)26/h1-7,16,23H,8-13,22H2,(H,24,27). The molecule has 4 rings (SSSR count). The summed E-state index contributed by atoms with van der Waals surface area (Å²) in [4.78, 5) is 16.7. The molecular formula is C20H24IN5O2. The van der Waals surface area contributed by atoms with Crippen molar-refractivity contribution in [3.8, 4) is 0 Å². The smallest absolute Gasteiger partial charge is 0.321 e. The second kappa shape index (κ2) is 8.44. The van der Waals surface area contributed by atoms with Crippen molar-refractivity contribution in [3.63, 3.8) is 0 Å². The Labute approximate surface area is 178 Å². The van der Waals surface area contributed by atoms with Gasteiger partial charge in [0.15, 0.2) is 0 Å². The molecule has 2 aromatic rings. The van der Waals surface area contributed by atoms with Crippen LogP contribution in [0.5, 0.6) is 0 Å². The van der Waals surface area contributed by atoms with Gasteiger partial charge >= 0.3 is 6.03 Å². The summed E-state index contributed by atoms with van der Waals surface area (Å²) in [6.45, 7) is 2.38. The molecule has 148 valence electrons. The summed E-state index contributed by atoms with van der Waals surface area (Å²) in [5.74, 6) is 0. The number of anilines is 4. The average Bonchev–Trinajstić information content (AvgIpc) is 2.93. The molecule has 2 aromatic carbocycles. The molecular weight excluding hydrogens is 469 g/mol. The van der Waals surface area contributed by atoms with Crippen LogP contribution in [0.3, 0.4) is 0 Å². The van der Waals surface area contributed by atoms with Gasteiger partial charge in [0.2, 0.25) is 0 Å². The van der Waals surface area contributed by atoms with Crippen molar-refractivity contribution >= 4 is 51.4 Å². The third-order valence-electron chi connectivity index (χ3n) is 5.25. The summed E-state index contributed by atoms with van der Waals surface area (Å²) in [5, 5.41) is 6.24. The molecule has 2 heterocycles. The number of likely N-dealkylation sites (tertiary alicyclic amines) is 1. The number of carbonyl (C=O) groups excluding carboxylic acids is 1. The van der Waals surface area contributed by atoms with E-state index in [4.69, 9.17) is 10.5 Å². The van der Waals surface area contributed by atoms with Crippen molar-refractivity contribution in [2.24, 2.45) is 0 Å². The van der Waals surface area contributed by atoms with E-state index in [0.29, 0.717) is 32.6 Å². The number of hydrogen-bond donors (Lipinski definition) is 3. The van der Waals surface area contributed by atoms with Gasteiger partial charge in [-0.05, 0) is 71.8 Å². The largest absolute Gasteiger partial charge is 0.397 e. The van der Waals surface area contributed by atoms with Crippen LogP contribution in [0.15, 0.2) is 42.5 Å². The highest BCUT2D eigenvalue weighted by Crippen LogP contribution is 2.36. The van der Waals surface area contributed by atoms with Crippen LogP contribution in [0.1, 0.15) is 12.8 Å². The summed E-state index contributed by atoms with van der Waals surface area (Å²) in [5.41, 5.74) is 9.69. The lowest BCUT2D eigenvalue weighted by molar-refractivity contribution is 0.138. The number of nitrogens with zero attached hydrogens (tertiary/aromatic N) is 2. The first-order valence-corrected chi connectivity index (χ1v) is 10.5. The van der Waals surface area contributed by atoms with E-state index in [1.165, 1.54) is 0 Å². The third kappa shape index (κ3) is 4.12. The molecule has 0 aliphatic carbocycles. The molecule has 7 nitrogen and oxygen atoms in total. The zero-order valence-electron chi connectivity index (χ0n) is 15.5. The molecule has 4 N–H and O–H groups in total. The van der Waals surface area contributed by atoms with Crippen molar-refractivity contribution in [3.05, 3.63) is 46.0 Å². The topological polar surface area (TPSA) is 82.9 Å². The Morgan fingerprint density at radius 3 is 2.68 bits per heavy atom. The number of benzene rings is 2. The number of para-hydroxylation sites is 1. The van der Waals surface area contributed by atoms with Gasteiger partial charge in [-0.15, -0.1) is 0 Å². The normalized spacial score (nSPS) is 17.5. The highest BCUT2D eigenvalue weighted by Gasteiger charge is 2.29. The molecule has 1 saturated heterocycles. The fourth-order valence-electron chi connectivity index (χ4n) is 3.74. The van der Waals surface area contributed by atoms with Gasteiger partial charge in [0.1, 0.15) is 13.5 Å². The first kappa shape index (κ1) is 19.1. The SMILES string of the molecule is Nc1cccc2c1NCOCN2C1CCN(C(=O)Nc2ccc(I)cc2)CC1. The summed E-state index contributed by atoms with van der Waals surface area (Å²) >= 11 is 2.25. The second-order valence-corrected chi connectivity index (χ2v) is 8.27. The minimum atomic E-state index is -0.0434. The quantitative estimate of drug-likeness (QED) is 0.439. The number of nitrogen functional groups attached to an aromatic ring is 1. The van der Waals surface area contributed by atoms with E-state index in [1.54, 1.807) is 0 Å². The summed E-state index contributed by atoms with van der Waals surface area (Å²) in [6, 6.07) is 14.0. The van der Waals surface area contributed by atoms with Crippen LogP contribution in [0.2, 0.25) is 0 Å². The molecule has 2 aliphatic rings. The Balaban J connectivity index is 1.39. The Kier molecular flexibility index (Phi) is 5.77. The minimum absolute atomic E-state index is 0.0434. The molecule has 8 heteroatoms. The first-order chi connectivity index (χ1) is 13.6. The molecule has 28 heavy (non-hydrogen) atoms. The van der Waals surface area contributed by atoms with E-state index in [0.717, 1.165) is 39.2 Å². The van der Waals surface area contributed by atoms with E-state index in [-0.39, 0.29) is 6.03 Å². The summed E-state index contributed by atoms with van der Waals surface area (Å²) in [7, 11) is 0. The highest BCUT2D eigenvalue weighted by molar-refractivity contribution is 14.1. The van der Waals surface area contributed by atoms with E-state index in [1.807, 2.05) is 41.3 Å². The van der Waals surface area contributed by atoms with Gasteiger partial charge in [-0.1, -0.05) is 6.07 Å². The summed E-state index contributed by atoms with van der Waals surface area (Å²) in [6.07, 6.45) is 1.77. The van der Waals surface area contributed by atoms with Crippen LogP contribution in [-0.4, -0.2) is 43.5 Å². The number of rotatable bonds is 2. The second-order valence-electron chi connectivity index (χ2n) is 7.02. The van der Waals surface area contributed by atoms with Crippen molar-refractivity contribution in [2.75, 3.05) is 47.8 Å². The lowest BCUT2D eigenvalue weighted by Crippen LogP contribution is -2.48. The number of ether oxygens (including phenoxy) is 1. The van der Waals surface area contributed by atoms with Gasteiger partial charge in [-0.3, -0.25) is 0 Å². The lowest BCUT2D eigenvalue weighted by atomic mass is 10.0. The molecule has 0 saturated carbocycles. The number of hydrogen-bond acceptors (Lipinski definition) is 5. The van der Waals surface area contributed by atoms with E-state index in [9.17, 15) is 4.79 Å². The van der Waals surface area contributed by atoms with Crippen LogP contribution in [-0.2, 0) is 4.74 Å². The highest BCUT2D eigenvalue weighted by atomic mass is 127. The molecule has 0 atom stereocenters. The van der Waals surface area contributed by atoms with Crippen molar-refractivity contribution < 1.29 is 9.53 Å². The molecule has 2 amide bonds. The number of piperidine rings is 1. The average molecular weight is 493 g/mol. The van der Waals surface area contributed by atoms with Crippen molar-refractivity contribution in [2.45, 2.75) is 18.9 Å². The van der Waals surface area contributed by atoms with Gasteiger partial charge in [-0.25, -0.2) is 4.79 Å². The predicted molar refractivity (Wildman–Crippen MR) is 121 cm³/mol. The van der Waals surface area contributed by atoms with Gasteiger partial charge < -0.3 is 30.9 Å². The van der Waals surface area contributed by atoms with Gasteiger partial charge in [-0.2, -0.15) is 0 Å². The molecule has 0 spiro atoms. The zero-order valence-corrected chi connectivity index (χ0v) is 17.7. The van der Waals surface area contributed by atoms with Crippen LogP contribution in [0.4, 0.5) is 27.5 Å². The molecule has 0 unspecified atom stereocenters. The van der Waals surface area contributed by atoms with E-state index < -0.39 is 0 Å². The maximum atomic E-state index is 12.6. The Morgan fingerprint density at radius 1 is 1.18 bits per heavy atom. The van der Waals surface area contributed by atoms with E-state index >= 15 is 0 Å². The lowest BCUT2D eigenvalue weighted by Gasteiger charge is -2.39. The van der Waals surface area contributed by atoms with E-state index in [2.05, 4.69) is 44.2 Å². The fourth-order valence-corrected chi connectivity index (χ4v) is 4.10. The minimum Gasteiger partial charge on any atom is -0.397 e. The van der Waals surface area contributed by atoms with Crippen LogP contribution >= 0.6 is 22.6 Å². The monoisotopic (exact) mass is 493 g/mol. The van der Waals surface area contributed by atoms with Gasteiger partial charge in [0.05, 0.1) is 17.1 Å². The van der Waals surface area contributed by atoms with Crippen LogP contribution in [0, 0.1) is 3.57 Å². The van der Waals surface area contributed by atoms with Crippen LogP contribution in [0.25, 0.3) is 0 Å². The summed E-state index contributed by atoms with van der Waals surface area (Å²) < 4.78 is 6.87. The number of amides is 2. The Hall–Kier alpha value is -2.20. The van der Waals surface area contributed by atoms with Gasteiger partial charge in [0, 0.05) is 28.4 Å². The third-order valence-corrected chi connectivity index (χ3v) is 5.97. The maximum Gasteiger partial charge on any atom is 0.321 e.